The second-order valence-corrected chi connectivity index (χ2v) is 4.00. The monoisotopic (exact) mass is 222 g/mol. The predicted octanol–water partition coefficient (Wildman–Crippen LogP) is 3.63. The minimum absolute atomic E-state index is 0.251. The van der Waals surface area contributed by atoms with Gasteiger partial charge in [0.25, 0.3) is 0 Å². The predicted molar refractivity (Wildman–Crippen MR) is 67.4 cm³/mol. The van der Waals surface area contributed by atoms with Crippen LogP contribution in [0.25, 0.3) is 0 Å². The lowest BCUT2D eigenvalue weighted by Crippen LogP contribution is -2.04. The topological polar surface area (TPSA) is 26.3 Å². The molecule has 90 valence electrons. The lowest BCUT2D eigenvalue weighted by Gasteiger charge is -2.17. The van der Waals surface area contributed by atoms with E-state index in [2.05, 4.69) is 38.1 Å². The maximum atomic E-state index is 8.81. The van der Waals surface area contributed by atoms with Gasteiger partial charge in [-0.15, -0.1) is 0 Å². The minimum atomic E-state index is 0.251. The highest BCUT2D eigenvalue weighted by Crippen LogP contribution is 2.23. The van der Waals surface area contributed by atoms with E-state index in [1.807, 2.05) is 6.07 Å². The van der Waals surface area contributed by atoms with Crippen LogP contribution in [0.2, 0.25) is 0 Å². The molecule has 0 heterocycles. The molecule has 0 saturated carbocycles. The van der Waals surface area contributed by atoms with Gasteiger partial charge in [-0.05, 0) is 24.8 Å². The Bertz CT molecular complexity index is 267. The molecule has 2 heteroatoms. The first-order valence-corrected chi connectivity index (χ1v) is 5.63. The number of aldehydes is 1. The van der Waals surface area contributed by atoms with Crippen LogP contribution in [0.15, 0.2) is 30.3 Å². The number of hydrogen-bond donors (Lipinski definition) is 0. The quantitative estimate of drug-likeness (QED) is 0.727. The summed E-state index contributed by atoms with van der Waals surface area (Å²) >= 11 is 0. The summed E-state index contributed by atoms with van der Waals surface area (Å²) in [5.41, 5.74) is 1.28. The van der Waals surface area contributed by atoms with Crippen LogP contribution in [-0.2, 0) is 9.53 Å². The van der Waals surface area contributed by atoms with Gasteiger partial charge in [0.05, 0.1) is 6.10 Å². The molecule has 0 aromatic heterocycles. The summed E-state index contributed by atoms with van der Waals surface area (Å²) in [4.78, 5) is 8.81. The molecule has 1 aromatic rings. The zero-order chi connectivity index (χ0) is 12.4. The Morgan fingerprint density at radius 2 is 1.75 bits per heavy atom. The molecule has 1 unspecified atom stereocenters. The first-order chi connectivity index (χ1) is 7.65. The van der Waals surface area contributed by atoms with E-state index in [0.29, 0.717) is 5.92 Å². The summed E-state index contributed by atoms with van der Waals surface area (Å²) in [7, 11) is 1.78. The minimum Gasteiger partial charge on any atom is -0.377 e. The number of benzene rings is 1. The van der Waals surface area contributed by atoms with Crippen LogP contribution in [0.1, 0.15) is 38.9 Å². The third kappa shape index (κ3) is 6.36. The average molecular weight is 222 g/mol. The highest BCUT2D eigenvalue weighted by atomic mass is 16.5. The zero-order valence-electron chi connectivity index (χ0n) is 10.6. The lowest BCUT2D eigenvalue weighted by atomic mass is 10.00. The van der Waals surface area contributed by atoms with Crippen molar-refractivity contribution in [3.63, 3.8) is 0 Å². The smallest absolute Gasteiger partial charge is 0.116 e. The van der Waals surface area contributed by atoms with Crippen LogP contribution in [0.5, 0.6) is 0 Å². The van der Waals surface area contributed by atoms with Crippen molar-refractivity contribution in [2.45, 2.75) is 33.3 Å². The maximum absolute atomic E-state index is 8.81. The van der Waals surface area contributed by atoms with E-state index in [1.165, 1.54) is 12.5 Å². The Morgan fingerprint density at radius 1 is 1.25 bits per heavy atom. The molecule has 0 saturated heterocycles. The summed E-state index contributed by atoms with van der Waals surface area (Å²) in [5.74, 6) is 0.671. The molecule has 0 spiro atoms. The molecule has 16 heavy (non-hydrogen) atoms. The summed E-state index contributed by atoms with van der Waals surface area (Å²) in [5, 5.41) is 0. The average Bonchev–Trinajstić information content (AvgIpc) is 2.28. The van der Waals surface area contributed by atoms with Gasteiger partial charge in [-0.1, -0.05) is 44.2 Å². The van der Waals surface area contributed by atoms with Crippen LogP contribution in [0.3, 0.4) is 0 Å². The van der Waals surface area contributed by atoms with Crippen molar-refractivity contribution < 1.29 is 9.53 Å². The van der Waals surface area contributed by atoms with Crippen LogP contribution in [0.4, 0.5) is 0 Å². The van der Waals surface area contributed by atoms with Crippen molar-refractivity contribution >= 4 is 6.29 Å². The Balaban J connectivity index is 0.000000673. The first-order valence-electron chi connectivity index (χ1n) is 5.63. The number of carbonyl (C=O) groups is 1. The number of carbonyl (C=O) groups excluding carboxylic acids is 1. The molecule has 0 aliphatic heterocycles. The molecular weight excluding hydrogens is 200 g/mol. The van der Waals surface area contributed by atoms with E-state index in [1.54, 1.807) is 7.11 Å². The van der Waals surface area contributed by atoms with Gasteiger partial charge in [0.2, 0.25) is 0 Å². The van der Waals surface area contributed by atoms with Crippen LogP contribution in [0, 0.1) is 5.92 Å². The molecule has 0 aliphatic rings. The van der Waals surface area contributed by atoms with E-state index >= 15 is 0 Å². The van der Waals surface area contributed by atoms with Crippen LogP contribution >= 0.6 is 0 Å². The molecule has 1 rings (SSSR count). The van der Waals surface area contributed by atoms with Gasteiger partial charge in [0, 0.05) is 7.11 Å². The lowest BCUT2D eigenvalue weighted by molar-refractivity contribution is -0.106. The van der Waals surface area contributed by atoms with Crippen molar-refractivity contribution in [1.82, 2.24) is 0 Å². The standard InChI is InChI=1S/C12H18O.C2H4O/c1-10(2)9-12(13-3)11-7-5-4-6-8-11;1-2-3/h4-8,10,12H,9H2,1-3H3;2H,1H3. The highest BCUT2D eigenvalue weighted by molar-refractivity contribution is 5.44. The molecule has 2 nitrogen and oxygen atoms in total. The van der Waals surface area contributed by atoms with Crippen molar-refractivity contribution in [2.24, 2.45) is 5.92 Å². The summed E-state index contributed by atoms with van der Waals surface area (Å²) in [6, 6.07) is 10.4. The van der Waals surface area contributed by atoms with Gasteiger partial charge in [-0.3, -0.25) is 0 Å². The highest BCUT2D eigenvalue weighted by Gasteiger charge is 2.11. The number of rotatable bonds is 4. The maximum Gasteiger partial charge on any atom is 0.116 e. The zero-order valence-corrected chi connectivity index (χ0v) is 10.6. The Kier molecular flexibility index (Phi) is 8.45. The van der Waals surface area contributed by atoms with Gasteiger partial charge in [-0.2, -0.15) is 0 Å². The molecule has 1 atom stereocenters. The molecule has 0 aliphatic carbocycles. The van der Waals surface area contributed by atoms with E-state index in [0.717, 1.165) is 12.7 Å². The van der Waals surface area contributed by atoms with Crippen molar-refractivity contribution in [3.05, 3.63) is 35.9 Å². The second-order valence-electron chi connectivity index (χ2n) is 4.00. The third-order valence-corrected chi connectivity index (χ3v) is 2.14. The van der Waals surface area contributed by atoms with Crippen molar-refractivity contribution in [3.8, 4) is 0 Å². The fraction of sp³-hybridized carbons (Fsp3) is 0.500. The third-order valence-electron chi connectivity index (χ3n) is 2.14. The molecule has 0 fully saturated rings. The molecular formula is C14H22O2. The number of hydrogen-bond acceptors (Lipinski definition) is 2. The van der Waals surface area contributed by atoms with Crippen molar-refractivity contribution in [2.75, 3.05) is 7.11 Å². The summed E-state index contributed by atoms with van der Waals surface area (Å²) < 4.78 is 5.45. The van der Waals surface area contributed by atoms with Crippen LogP contribution in [-0.4, -0.2) is 13.4 Å². The molecule has 0 amide bonds. The fourth-order valence-corrected chi connectivity index (χ4v) is 1.46. The van der Waals surface area contributed by atoms with Crippen molar-refractivity contribution in [1.29, 1.82) is 0 Å². The molecule has 1 aromatic carbocycles. The number of ether oxygens (including phenoxy) is 1. The fourth-order valence-electron chi connectivity index (χ4n) is 1.46. The van der Waals surface area contributed by atoms with E-state index in [9.17, 15) is 0 Å². The Labute approximate surface area is 98.6 Å². The molecule has 0 N–H and O–H groups in total. The summed E-state index contributed by atoms with van der Waals surface area (Å²) in [6.07, 6.45) is 2.08. The largest absolute Gasteiger partial charge is 0.377 e. The number of methoxy groups -OCH3 is 1. The summed E-state index contributed by atoms with van der Waals surface area (Å²) in [6.45, 7) is 5.88. The second kappa shape index (κ2) is 9.10. The van der Waals surface area contributed by atoms with E-state index < -0.39 is 0 Å². The van der Waals surface area contributed by atoms with Gasteiger partial charge >= 0.3 is 0 Å². The SMILES string of the molecule is CC=O.COC(CC(C)C)c1ccccc1. The van der Waals surface area contributed by atoms with Gasteiger partial charge in [0.1, 0.15) is 6.29 Å². The van der Waals surface area contributed by atoms with E-state index in [-0.39, 0.29) is 6.10 Å². The Hall–Kier alpha value is -1.15. The molecule has 0 radical (unpaired) electrons. The van der Waals surface area contributed by atoms with E-state index in [4.69, 9.17) is 9.53 Å². The van der Waals surface area contributed by atoms with Crippen LogP contribution < -0.4 is 0 Å². The Morgan fingerprint density at radius 3 is 2.12 bits per heavy atom. The van der Waals surface area contributed by atoms with Gasteiger partial charge < -0.3 is 9.53 Å². The molecule has 0 bridgehead atoms. The normalized spacial score (nSPS) is 11.6. The van der Waals surface area contributed by atoms with Gasteiger partial charge in [-0.25, -0.2) is 0 Å². The van der Waals surface area contributed by atoms with Gasteiger partial charge in [0.15, 0.2) is 0 Å². The first kappa shape index (κ1) is 14.8.